The van der Waals surface area contributed by atoms with Crippen LogP contribution in [-0.2, 0) is 0 Å². The summed E-state index contributed by atoms with van der Waals surface area (Å²) in [6, 6.07) is 3.96. The first kappa shape index (κ1) is 13.0. The van der Waals surface area contributed by atoms with E-state index in [-0.39, 0.29) is 5.91 Å². The summed E-state index contributed by atoms with van der Waals surface area (Å²) in [7, 11) is 0. The molecule has 0 radical (unpaired) electrons. The third-order valence-electron chi connectivity index (χ3n) is 3.53. The lowest BCUT2D eigenvalue weighted by Crippen LogP contribution is -2.44. The van der Waals surface area contributed by atoms with Crippen molar-refractivity contribution in [2.75, 3.05) is 13.1 Å². The van der Waals surface area contributed by atoms with E-state index in [9.17, 15) is 4.79 Å². The summed E-state index contributed by atoms with van der Waals surface area (Å²) in [5.74, 6) is 0.124. The van der Waals surface area contributed by atoms with Crippen LogP contribution in [0.4, 0.5) is 0 Å². The lowest BCUT2D eigenvalue weighted by atomic mass is 9.98. The highest BCUT2D eigenvalue weighted by Gasteiger charge is 2.26. The van der Waals surface area contributed by atoms with E-state index in [0.29, 0.717) is 12.6 Å². The van der Waals surface area contributed by atoms with Crippen LogP contribution in [0, 0.1) is 6.92 Å². The third-order valence-corrected chi connectivity index (χ3v) is 3.53. The van der Waals surface area contributed by atoms with Crippen molar-refractivity contribution in [2.24, 2.45) is 5.73 Å². The Morgan fingerprint density at radius 1 is 1.56 bits per heavy atom. The number of aryl methyl sites for hydroxylation is 1. The molecule has 1 saturated heterocycles. The Hall–Kier alpha value is -1.42. The molecule has 1 fully saturated rings. The van der Waals surface area contributed by atoms with E-state index < -0.39 is 0 Å². The monoisotopic (exact) mass is 247 g/mol. The van der Waals surface area contributed by atoms with Crippen molar-refractivity contribution in [2.45, 2.75) is 38.6 Å². The van der Waals surface area contributed by atoms with Crippen molar-refractivity contribution in [1.29, 1.82) is 0 Å². The van der Waals surface area contributed by atoms with E-state index in [1.54, 1.807) is 12.3 Å². The van der Waals surface area contributed by atoms with E-state index in [1.165, 1.54) is 6.42 Å². The second-order valence-corrected chi connectivity index (χ2v) is 4.91. The Kier molecular flexibility index (Phi) is 4.31. The van der Waals surface area contributed by atoms with Gasteiger partial charge in [0.1, 0.15) is 0 Å². The quantitative estimate of drug-likeness (QED) is 0.885. The molecule has 1 aromatic heterocycles. The number of pyridine rings is 1. The smallest absolute Gasteiger partial charge is 0.254 e. The van der Waals surface area contributed by atoms with Crippen molar-refractivity contribution in [1.82, 2.24) is 9.88 Å². The first-order valence-electron chi connectivity index (χ1n) is 6.66. The molecule has 1 aliphatic rings. The summed E-state index contributed by atoms with van der Waals surface area (Å²) in [5, 5.41) is 0. The molecule has 2 rings (SSSR count). The van der Waals surface area contributed by atoms with Crippen molar-refractivity contribution in [3.8, 4) is 0 Å². The lowest BCUT2D eigenvalue weighted by molar-refractivity contribution is 0.0605. The minimum Gasteiger partial charge on any atom is -0.336 e. The molecular formula is C14H21N3O. The van der Waals surface area contributed by atoms with Crippen molar-refractivity contribution < 1.29 is 4.79 Å². The molecule has 0 aromatic carbocycles. The Morgan fingerprint density at radius 3 is 3.11 bits per heavy atom. The second kappa shape index (κ2) is 5.96. The van der Waals surface area contributed by atoms with Crippen LogP contribution in [-0.4, -0.2) is 34.9 Å². The van der Waals surface area contributed by atoms with Gasteiger partial charge in [-0.15, -0.1) is 0 Å². The van der Waals surface area contributed by atoms with Gasteiger partial charge in [-0.25, -0.2) is 0 Å². The highest BCUT2D eigenvalue weighted by molar-refractivity contribution is 5.94. The molecule has 1 unspecified atom stereocenters. The Bertz CT molecular complexity index is 417. The predicted molar refractivity (Wildman–Crippen MR) is 71.3 cm³/mol. The van der Waals surface area contributed by atoms with E-state index >= 15 is 0 Å². The number of nitrogens with zero attached hydrogens (tertiary/aromatic N) is 2. The molecule has 0 saturated carbocycles. The zero-order valence-electron chi connectivity index (χ0n) is 10.9. The van der Waals surface area contributed by atoms with Gasteiger partial charge < -0.3 is 10.6 Å². The second-order valence-electron chi connectivity index (χ2n) is 4.91. The summed E-state index contributed by atoms with van der Waals surface area (Å²) in [4.78, 5) is 18.6. The maximum Gasteiger partial charge on any atom is 0.254 e. The zero-order chi connectivity index (χ0) is 13.0. The average molecular weight is 247 g/mol. The number of carbonyl (C=O) groups excluding carboxylic acids is 1. The molecule has 4 heteroatoms. The fourth-order valence-electron chi connectivity index (χ4n) is 2.60. The maximum atomic E-state index is 12.5. The molecule has 0 bridgehead atoms. The minimum atomic E-state index is 0.124. The van der Waals surface area contributed by atoms with Gasteiger partial charge in [0.05, 0.1) is 0 Å². The Labute approximate surface area is 108 Å². The van der Waals surface area contributed by atoms with Crippen molar-refractivity contribution in [3.05, 3.63) is 29.6 Å². The lowest BCUT2D eigenvalue weighted by Gasteiger charge is -2.35. The summed E-state index contributed by atoms with van der Waals surface area (Å²) in [5.41, 5.74) is 7.26. The highest BCUT2D eigenvalue weighted by atomic mass is 16.2. The van der Waals surface area contributed by atoms with Gasteiger partial charge in [-0.1, -0.05) is 0 Å². The van der Waals surface area contributed by atoms with Crippen LogP contribution in [0.25, 0.3) is 0 Å². The summed E-state index contributed by atoms with van der Waals surface area (Å²) in [6.07, 6.45) is 5.97. The molecule has 4 nitrogen and oxygen atoms in total. The van der Waals surface area contributed by atoms with Crippen LogP contribution in [0.15, 0.2) is 18.3 Å². The van der Waals surface area contributed by atoms with Gasteiger partial charge in [-0.2, -0.15) is 0 Å². The molecule has 1 aromatic rings. The number of amides is 1. The van der Waals surface area contributed by atoms with E-state index in [4.69, 9.17) is 5.73 Å². The van der Waals surface area contributed by atoms with Gasteiger partial charge in [0, 0.05) is 30.0 Å². The van der Waals surface area contributed by atoms with Crippen LogP contribution in [0.2, 0.25) is 0 Å². The number of carbonyl (C=O) groups is 1. The van der Waals surface area contributed by atoms with Crippen molar-refractivity contribution in [3.63, 3.8) is 0 Å². The van der Waals surface area contributed by atoms with E-state index in [2.05, 4.69) is 4.98 Å². The molecule has 1 amide bonds. The van der Waals surface area contributed by atoms with Gasteiger partial charge in [0.15, 0.2) is 0 Å². The van der Waals surface area contributed by atoms with Crippen LogP contribution >= 0.6 is 0 Å². The molecule has 0 aliphatic carbocycles. The highest BCUT2D eigenvalue weighted by Crippen LogP contribution is 2.21. The number of hydrogen-bond donors (Lipinski definition) is 1. The minimum absolute atomic E-state index is 0.124. The molecule has 1 aliphatic heterocycles. The van der Waals surface area contributed by atoms with Gasteiger partial charge in [-0.05, 0) is 51.3 Å². The molecule has 2 heterocycles. The average Bonchev–Trinajstić information content (AvgIpc) is 2.39. The van der Waals surface area contributed by atoms with Crippen LogP contribution < -0.4 is 5.73 Å². The topological polar surface area (TPSA) is 59.2 Å². The first-order chi connectivity index (χ1) is 8.72. The molecule has 98 valence electrons. The molecular weight excluding hydrogens is 226 g/mol. The van der Waals surface area contributed by atoms with Gasteiger partial charge in [0.25, 0.3) is 5.91 Å². The number of piperidine rings is 1. The normalized spacial score (nSPS) is 19.9. The number of rotatable bonds is 3. The largest absolute Gasteiger partial charge is 0.336 e. The van der Waals surface area contributed by atoms with Gasteiger partial charge in [0.2, 0.25) is 0 Å². The van der Waals surface area contributed by atoms with Crippen LogP contribution in [0.1, 0.15) is 41.7 Å². The zero-order valence-corrected chi connectivity index (χ0v) is 10.9. The molecule has 0 spiro atoms. The number of nitrogens with two attached hydrogens (primary N) is 1. The van der Waals surface area contributed by atoms with Crippen molar-refractivity contribution >= 4 is 5.91 Å². The van der Waals surface area contributed by atoms with Crippen LogP contribution in [0.5, 0.6) is 0 Å². The first-order valence-corrected chi connectivity index (χ1v) is 6.66. The number of aromatic nitrogens is 1. The Morgan fingerprint density at radius 2 is 2.39 bits per heavy atom. The summed E-state index contributed by atoms with van der Waals surface area (Å²) < 4.78 is 0. The van der Waals surface area contributed by atoms with Crippen LogP contribution in [0.3, 0.4) is 0 Å². The number of hydrogen-bond acceptors (Lipinski definition) is 3. The number of likely N-dealkylation sites (tertiary alicyclic amines) is 1. The van der Waals surface area contributed by atoms with E-state index in [1.807, 2.05) is 17.9 Å². The standard InChI is InChI=1S/C14H21N3O/c1-11-10-12(6-8-16-11)14(18)17-9-3-2-4-13(17)5-7-15/h6,8,10,13H,2-5,7,9,15H2,1H3. The van der Waals surface area contributed by atoms with Gasteiger partial charge in [-0.3, -0.25) is 9.78 Å². The SMILES string of the molecule is Cc1cc(C(=O)N2CCCCC2CCN)ccn1. The predicted octanol–water partition coefficient (Wildman–Crippen LogP) is 1.73. The maximum absolute atomic E-state index is 12.5. The fourth-order valence-corrected chi connectivity index (χ4v) is 2.60. The molecule has 18 heavy (non-hydrogen) atoms. The summed E-state index contributed by atoms with van der Waals surface area (Å²) >= 11 is 0. The summed E-state index contributed by atoms with van der Waals surface area (Å²) in [6.45, 7) is 3.40. The molecule has 2 N–H and O–H groups in total. The fraction of sp³-hybridized carbons (Fsp3) is 0.571. The van der Waals surface area contributed by atoms with Gasteiger partial charge >= 0.3 is 0 Å². The Balaban J connectivity index is 2.15. The molecule has 1 atom stereocenters. The third kappa shape index (κ3) is 2.88. The van der Waals surface area contributed by atoms with E-state index in [0.717, 1.165) is 37.1 Å².